The summed E-state index contributed by atoms with van der Waals surface area (Å²) in [6, 6.07) is 0. The molecule has 0 aliphatic heterocycles. The van der Waals surface area contributed by atoms with E-state index in [9.17, 15) is 20.4 Å². The normalized spacial score (nSPS) is 52.8. The highest BCUT2D eigenvalue weighted by Gasteiger charge is 2.70. The third-order valence-electron chi connectivity index (χ3n) is 11.9. The molecule has 4 nitrogen and oxygen atoms in total. The van der Waals surface area contributed by atoms with E-state index in [2.05, 4.69) is 34.6 Å². The van der Waals surface area contributed by atoms with Crippen LogP contribution in [-0.2, 0) is 0 Å². The zero-order valence-corrected chi connectivity index (χ0v) is 21.4. The number of hydrogen-bond donors (Lipinski definition) is 4. The summed E-state index contributed by atoms with van der Waals surface area (Å²) >= 11 is 0. The maximum atomic E-state index is 11.6. The summed E-state index contributed by atoms with van der Waals surface area (Å²) in [7, 11) is 0. The Morgan fingerprint density at radius 1 is 0.844 bits per heavy atom. The highest BCUT2D eigenvalue weighted by Crippen LogP contribution is 2.69. The first-order chi connectivity index (χ1) is 14.9. The van der Waals surface area contributed by atoms with Gasteiger partial charge in [-0.05, 0) is 85.4 Å². The third kappa shape index (κ3) is 3.53. The fourth-order valence-corrected chi connectivity index (χ4v) is 9.37. The number of aliphatic hydroxyl groups is 4. The second-order valence-electron chi connectivity index (χ2n) is 13.4. The Hall–Kier alpha value is -0.160. The van der Waals surface area contributed by atoms with Crippen molar-refractivity contribution in [3.8, 4) is 0 Å². The average molecular weight is 451 g/mol. The first kappa shape index (κ1) is 24.9. The van der Waals surface area contributed by atoms with Crippen LogP contribution in [0, 0.1) is 52.3 Å². The Bertz CT molecular complexity index is 680. The minimum atomic E-state index is -1.39. The second-order valence-corrected chi connectivity index (χ2v) is 13.4. The van der Waals surface area contributed by atoms with Crippen molar-refractivity contribution < 1.29 is 20.4 Å². The lowest BCUT2D eigenvalue weighted by molar-refractivity contribution is -0.294. The van der Waals surface area contributed by atoms with Crippen LogP contribution in [0.2, 0.25) is 0 Å². The van der Waals surface area contributed by atoms with Gasteiger partial charge in [0.25, 0.3) is 0 Å². The topological polar surface area (TPSA) is 80.9 Å². The van der Waals surface area contributed by atoms with Gasteiger partial charge in [-0.3, -0.25) is 0 Å². The monoisotopic (exact) mass is 450 g/mol. The van der Waals surface area contributed by atoms with Crippen molar-refractivity contribution in [2.75, 3.05) is 0 Å². The maximum absolute atomic E-state index is 11.6. The lowest BCUT2D eigenvalue weighted by Crippen LogP contribution is -2.72. The van der Waals surface area contributed by atoms with Gasteiger partial charge in [0.1, 0.15) is 5.60 Å². The predicted octanol–water partition coefficient (Wildman–Crippen LogP) is 4.77. The van der Waals surface area contributed by atoms with E-state index >= 15 is 0 Å². The number of rotatable bonds is 5. The van der Waals surface area contributed by atoms with E-state index in [-0.39, 0.29) is 12.3 Å². The molecule has 0 saturated heterocycles. The molecule has 186 valence electrons. The van der Waals surface area contributed by atoms with Crippen molar-refractivity contribution in [3.63, 3.8) is 0 Å². The molecule has 0 heterocycles. The van der Waals surface area contributed by atoms with E-state index in [4.69, 9.17) is 0 Å². The Balaban J connectivity index is 1.55. The van der Waals surface area contributed by atoms with Crippen LogP contribution in [0.25, 0.3) is 0 Å². The van der Waals surface area contributed by atoms with Crippen molar-refractivity contribution in [3.05, 3.63) is 0 Å². The van der Waals surface area contributed by atoms with Crippen molar-refractivity contribution in [1.29, 1.82) is 0 Å². The minimum Gasteiger partial charge on any atom is -0.393 e. The lowest BCUT2D eigenvalue weighted by atomic mass is 9.41. The average Bonchev–Trinajstić information content (AvgIpc) is 3.06. The summed E-state index contributed by atoms with van der Waals surface area (Å²) in [6.45, 7) is 14.1. The van der Waals surface area contributed by atoms with Gasteiger partial charge in [0, 0.05) is 11.8 Å². The van der Waals surface area contributed by atoms with Gasteiger partial charge in [-0.25, -0.2) is 0 Å². The molecule has 4 fully saturated rings. The Kier molecular flexibility index (Phi) is 6.63. The standard InChI is InChI=1S/C28H50O4/c1-16(2)17(3)7-8-18(4)21-9-10-22-20-14-25(31)28(32)15-19(29)13-24(30)27(28,6)23(20)11-12-26(21,22)5/h16-25,29-32H,7-15H2,1-6H3/t17?,18-,19?,20?,21?,22?,23?,24?,25?,26?,27?,28+/m1/s1. The number of hydrogen-bond acceptors (Lipinski definition) is 4. The molecule has 4 aliphatic rings. The van der Waals surface area contributed by atoms with Crippen LogP contribution in [0.3, 0.4) is 0 Å². The molecule has 0 radical (unpaired) electrons. The molecular formula is C28H50O4. The van der Waals surface area contributed by atoms with E-state index in [1.165, 1.54) is 25.7 Å². The van der Waals surface area contributed by atoms with Crippen LogP contribution in [0.15, 0.2) is 0 Å². The van der Waals surface area contributed by atoms with Gasteiger partial charge < -0.3 is 20.4 Å². The van der Waals surface area contributed by atoms with Gasteiger partial charge in [0.15, 0.2) is 0 Å². The molecule has 4 aliphatic carbocycles. The quantitative estimate of drug-likeness (QED) is 0.486. The summed E-state index contributed by atoms with van der Waals surface area (Å²) in [6.07, 6.45) is 6.00. The van der Waals surface area contributed by atoms with Gasteiger partial charge in [-0.1, -0.05) is 54.4 Å². The largest absolute Gasteiger partial charge is 0.393 e. The van der Waals surface area contributed by atoms with Crippen molar-refractivity contribution in [2.45, 2.75) is 123 Å². The smallest absolute Gasteiger partial charge is 0.101 e. The first-order valence-electron chi connectivity index (χ1n) is 13.6. The van der Waals surface area contributed by atoms with Gasteiger partial charge >= 0.3 is 0 Å². The van der Waals surface area contributed by atoms with Crippen molar-refractivity contribution in [1.82, 2.24) is 0 Å². The molecular weight excluding hydrogens is 400 g/mol. The van der Waals surface area contributed by atoms with Gasteiger partial charge in [-0.15, -0.1) is 0 Å². The van der Waals surface area contributed by atoms with E-state index in [1.54, 1.807) is 0 Å². The van der Waals surface area contributed by atoms with E-state index < -0.39 is 29.3 Å². The van der Waals surface area contributed by atoms with Gasteiger partial charge in [0.2, 0.25) is 0 Å². The van der Waals surface area contributed by atoms with Crippen molar-refractivity contribution in [2.24, 2.45) is 52.3 Å². The summed E-state index contributed by atoms with van der Waals surface area (Å²) in [5, 5.41) is 44.3. The summed E-state index contributed by atoms with van der Waals surface area (Å²) < 4.78 is 0. The molecule has 4 saturated carbocycles. The molecule has 4 N–H and O–H groups in total. The molecule has 12 atom stereocenters. The van der Waals surface area contributed by atoms with Crippen LogP contribution in [0.4, 0.5) is 0 Å². The molecule has 0 aromatic rings. The molecule has 4 heteroatoms. The Morgan fingerprint density at radius 2 is 1.53 bits per heavy atom. The summed E-state index contributed by atoms with van der Waals surface area (Å²) in [5.74, 6) is 4.10. The summed E-state index contributed by atoms with van der Waals surface area (Å²) in [4.78, 5) is 0. The second kappa shape index (κ2) is 8.50. The van der Waals surface area contributed by atoms with Crippen molar-refractivity contribution >= 4 is 0 Å². The fraction of sp³-hybridized carbons (Fsp3) is 1.00. The summed E-state index contributed by atoms with van der Waals surface area (Å²) in [5.41, 5.74) is -1.84. The van der Waals surface area contributed by atoms with E-state index in [0.717, 1.165) is 36.5 Å². The van der Waals surface area contributed by atoms with Crippen LogP contribution in [0.5, 0.6) is 0 Å². The molecule has 0 spiro atoms. The molecule has 0 amide bonds. The Labute approximate surface area is 196 Å². The molecule has 4 rings (SSSR count). The molecule has 32 heavy (non-hydrogen) atoms. The van der Waals surface area contributed by atoms with Gasteiger partial charge in [0.05, 0.1) is 18.3 Å². The zero-order valence-electron chi connectivity index (χ0n) is 21.4. The zero-order chi connectivity index (χ0) is 23.6. The highest BCUT2D eigenvalue weighted by molar-refractivity contribution is 5.19. The Morgan fingerprint density at radius 3 is 2.19 bits per heavy atom. The van der Waals surface area contributed by atoms with Gasteiger partial charge in [-0.2, -0.15) is 0 Å². The van der Waals surface area contributed by atoms with E-state index in [0.29, 0.717) is 30.1 Å². The van der Waals surface area contributed by atoms with E-state index in [1.807, 2.05) is 6.92 Å². The lowest BCUT2D eigenvalue weighted by Gasteiger charge is -2.66. The third-order valence-corrected chi connectivity index (χ3v) is 11.9. The van der Waals surface area contributed by atoms with Crippen LogP contribution in [0.1, 0.15) is 99.3 Å². The first-order valence-corrected chi connectivity index (χ1v) is 13.6. The molecule has 0 aromatic heterocycles. The highest BCUT2D eigenvalue weighted by atomic mass is 16.4. The fourth-order valence-electron chi connectivity index (χ4n) is 9.37. The molecule has 0 bridgehead atoms. The number of fused-ring (bicyclic) bond motifs is 5. The SMILES string of the molecule is CC(C)C(C)CC[C@@H](C)C1CCC2C3CC(O)[C@@]4(O)CC(O)CC(O)C4(C)C3CCC21C. The number of aliphatic hydroxyl groups excluding tert-OH is 3. The van der Waals surface area contributed by atoms with Crippen LogP contribution >= 0.6 is 0 Å². The maximum Gasteiger partial charge on any atom is 0.101 e. The van der Waals surface area contributed by atoms with Crippen LogP contribution < -0.4 is 0 Å². The predicted molar refractivity (Wildman–Crippen MR) is 128 cm³/mol. The van der Waals surface area contributed by atoms with Crippen LogP contribution in [-0.4, -0.2) is 44.3 Å². The molecule has 10 unspecified atom stereocenters. The minimum absolute atomic E-state index is 0.181. The molecule has 0 aromatic carbocycles.